The van der Waals surface area contributed by atoms with E-state index in [0.29, 0.717) is 5.92 Å². The van der Waals surface area contributed by atoms with E-state index >= 15 is 0 Å². The second-order valence-corrected chi connectivity index (χ2v) is 4.27. The maximum Gasteiger partial charge on any atom is 0.119 e. The Morgan fingerprint density at radius 3 is 2.50 bits per heavy atom. The third-order valence-corrected chi connectivity index (χ3v) is 3.05. The van der Waals surface area contributed by atoms with Crippen molar-refractivity contribution in [2.24, 2.45) is 5.92 Å². The molecule has 0 heterocycles. The van der Waals surface area contributed by atoms with Gasteiger partial charge in [0.2, 0.25) is 0 Å². The summed E-state index contributed by atoms with van der Waals surface area (Å²) in [6.45, 7) is 0.927. The molecule has 1 aromatic carbocycles. The first-order valence-corrected chi connectivity index (χ1v) is 6.12. The van der Waals surface area contributed by atoms with Crippen molar-refractivity contribution in [2.75, 3.05) is 26.1 Å². The van der Waals surface area contributed by atoms with Crippen LogP contribution in [0.4, 0.5) is 5.69 Å². The number of rotatable bonds is 5. The zero-order chi connectivity index (χ0) is 12.8. The van der Waals surface area contributed by atoms with Gasteiger partial charge in [0.25, 0.3) is 0 Å². The fourth-order valence-electron chi connectivity index (χ4n) is 1.91. The number of anilines is 1. The molecule has 0 aliphatic heterocycles. The van der Waals surface area contributed by atoms with Gasteiger partial charge in [0.15, 0.2) is 0 Å². The third kappa shape index (κ3) is 3.29. The van der Waals surface area contributed by atoms with Gasteiger partial charge in [0, 0.05) is 12.2 Å². The molecule has 3 heteroatoms. The molecule has 0 saturated carbocycles. The van der Waals surface area contributed by atoms with E-state index in [1.54, 1.807) is 14.2 Å². The number of methoxy groups -OCH3 is 2. The Morgan fingerprint density at radius 1 is 1.17 bits per heavy atom. The van der Waals surface area contributed by atoms with E-state index in [2.05, 4.69) is 17.5 Å². The summed E-state index contributed by atoms with van der Waals surface area (Å²) in [7, 11) is 3.38. The Balaban J connectivity index is 1.82. The van der Waals surface area contributed by atoms with Crippen molar-refractivity contribution in [1.82, 2.24) is 0 Å². The molecule has 0 spiro atoms. The van der Waals surface area contributed by atoms with Gasteiger partial charge < -0.3 is 14.8 Å². The minimum atomic E-state index is 0.519. The van der Waals surface area contributed by atoms with Crippen LogP contribution < -0.4 is 10.1 Å². The molecule has 96 valence electrons. The lowest BCUT2D eigenvalue weighted by Crippen LogP contribution is -2.13. The summed E-state index contributed by atoms with van der Waals surface area (Å²) in [6.07, 6.45) is 7.36. The molecule has 1 aromatic rings. The first kappa shape index (κ1) is 12.6. The van der Waals surface area contributed by atoms with Crippen LogP contribution in [0.5, 0.6) is 5.75 Å². The highest BCUT2D eigenvalue weighted by atomic mass is 16.5. The van der Waals surface area contributed by atoms with Crippen LogP contribution in [0.1, 0.15) is 6.42 Å². The standard InChI is InChI=1S/C15H19NO2/c1-17-14-7-3-12(4-8-14)11-16-13-5-9-15(18-2)10-6-13/h3,5-10,12,16H,4,11H2,1-2H3. The van der Waals surface area contributed by atoms with E-state index in [4.69, 9.17) is 9.47 Å². The Kier molecular flexibility index (Phi) is 4.29. The minimum Gasteiger partial charge on any atom is -0.497 e. The lowest BCUT2D eigenvalue weighted by atomic mass is 10.00. The van der Waals surface area contributed by atoms with Crippen molar-refractivity contribution >= 4 is 5.69 Å². The largest absolute Gasteiger partial charge is 0.497 e. The quantitative estimate of drug-likeness (QED) is 0.864. The summed E-state index contributed by atoms with van der Waals surface area (Å²) in [5.74, 6) is 2.35. The average molecular weight is 245 g/mol. The van der Waals surface area contributed by atoms with Crippen molar-refractivity contribution < 1.29 is 9.47 Å². The van der Waals surface area contributed by atoms with Crippen molar-refractivity contribution in [1.29, 1.82) is 0 Å². The van der Waals surface area contributed by atoms with Crippen molar-refractivity contribution in [3.05, 3.63) is 48.3 Å². The Labute approximate surface area is 108 Å². The highest BCUT2D eigenvalue weighted by molar-refractivity contribution is 5.46. The normalized spacial score (nSPS) is 18.1. The Morgan fingerprint density at radius 2 is 1.94 bits per heavy atom. The molecule has 1 aliphatic rings. The van der Waals surface area contributed by atoms with Gasteiger partial charge in [-0.2, -0.15) is 0 Å². The van der Waals surface area contributed by atoms with E-state index in [9.17, 15) is 0 Å². The molecule has 18 heavy (non-hydrogen) atoms. The van der Waals surface area contributed by atoms with Gasteiger partial charge >= 0.3 is 0 Å². The summed E-state index contributed by atoms with van der Waals surface area (Å²) >= 11 is 0. The van der Waals surface area contributed by atoms with Gasteiger partial charge in [-0.3, -0.25) is 0 Å². The lowest BCUT2D eigenvalue weighted by molar-refractivity contribution is 0.301. The van der Waals surface area contributed by atoms with E-state index in [0.717, 1.165) is 30.2 Å². The van der Waals surface area contributed by atoms with Crippen LogP contribution >= 0.6 is 0 Å². The number of benzene rings is 1. The molecule has 3 nitrogen and oxygen atoms in total. The van der Waals surface area contributed by atoms with E-state index < -0.39 is 0 Å². The number of hydrogen-bond donors (Lipinski definition) is 1. The Bertz CT molecular complexity index is 434. The topological polar surface area (TPSA) is 30.5 Å². The molecular formula is C15H19NO2. The summed E-state index contributed by atoms with van der Waals surface area (Å²) in [5.41, 5.74) is 1.12. The molecule has 1 N–H and O–H groups in total. The molecule has 0 saturated heterocycles. The van der Waals surface area contributed by atoms with Gasteiger partial charge in [-0.1, -0.05) is 6.08 Å². The minimum absolute atomic E-state index is 0.519. The van der Waals surface area contributed by atoms with Gasteiger partial charge in [0.1, 0.15) is 11.5 Å². The maximum absolute atomic E-state index is 5.17. The van der Waals surface area contributed by atoms with Crippen LogP contribution in [0.3, 0.4) is 0 Å². The predicted octanol–water partition coefficient (Wildman–Crippen LogP) is 3.21. The monoisotopic (exact) mass is 245 g/mol. The van der Waals surface area contributed by atoms with Gasteiger partial charge in [-0.25, -0.2) is 0 Å². The number of hydrogen-bond acceptors (Lipinski definition) is 3. The fraction of sp³-hybridized carbons (Fsp3) is 0.333. The lowest BCUT2D eigenvalue weighted by Gasteiger charge is -2.17. The molecule has 0 amide bonds. The summed E-state index contributed by atoms with van der Waals surface area (Å²) in [5, 5.41) is 3.42. The highest BCUT2D eigenvalue weighted by Gasteiger charge is 2.08. The molecule has 0 aromatic heterocycles. The van der Waals surface area contributed by atoms with Crippen molar-refractivity contribution in [3.63, 3.8) is 0 Å². The number of ether oxygens (including phenoxy) is 2. The molecule has 0 fully saturated rings. The second kappa shape index (κ2) is 6.15. The molecule has 1 unspecified atom stereocenters. The van der Waals surface area contributed by atoms with Crippen LogP contribution in [0.2, 0.25) is 0 Å². The van der Waals surface area contributed by atoms with Crippen LogP contribution in [0.15, 0.2) is 48.3 Å². The molecule has 0 bridgehead atoms. The number of nitrogens with one attached hydrogen (secondary N) is 1. The Hall–Kier alpha value is -1.90. The van der Waals surface area contributed by atoms with E-state index in [-0.39, 0.29) is 0 Å². The molecular weight excluding hydrogens is 226 g/mol. The van der Waals surface area contributed by atoms with Crippen molar-refractivity contribution in [3.8, 4) is 5.75 Å². The van der Waals surface area contributed by atoms with Gasteiger partial charge in [-0.15, -0.1) is 0 Å². The fourth-order valence-corrected chi connectivity index (χ4v) is 1.91. The predicted molar refractivity (Wildman–Crippen MR) is 73.8 cm³/mol. The maximum atomic E-state index is 5.17. The second-order valence-electron chi connectivity index (χ2n) is 4.27. The molecule has 0 radical (unpaired) electrons. The van der Waals surface area contributed by atoms with Crippen LogP contribution in [0, 0.1) is 5.92 Å². The summed E-state index contributed by atoms with van der Waals surface area (Å²) in [4.78, 5) is 0. The number of allylic oxidation sites excluding steroid dienone is 2. The van der Waals surface area contributed by atoms with E-state index in [1.165, 1.54) is 0 Å². The van der Waals surface area contributed by atoms with Gasteiger partial charge in [-0.05, 0) is 48.8 Å². The van der Waals surface area contributed by atoms with Crippen LogP contribution in [-0.2, 0) is 4.74 Å². The third-order valence-electron chi connectivity index (χ3n) is 3.05. The van der Waals surface area contributed by atoms with Crippen LogP contribution in [0.25, 0.3) is 0 Å². The SMILES string of the molecule is COC1=CCC(CNc2ccc(OC)cc2)C=C1. The van der Waals surface area contributed by atoms with Crippen molar-refractivity contribution in [2.45, 2.75) is 6.42 Å². The average Bonchev–Trinajstić information content (AvgIpc) is 2.46. The van der Waals surface area contributed by atoms with Gasteiger partial charge in [0.05, 0.1) is 14.2 Å². The smallest absolute Gasteiger partial charge is 0.119 e. The first-order valence-electron chi connectivity index (χ1n) is 6.12. The summed E-state index contributed by atoms with van der Waals surface area (Å²) < 4.78 is 10.3. The summed E-state index contributed by atoms with van der Waals surface area (Å²) in [6, 6.07) is 7.98. The highest BCUT2D eigenvalue weighted by Crippen LogP contribution is 2.19. The van der Waals surface area contributed by atoms with E-state index in [1.807, 2.05) is 30.3 Å². The molecule has 1 atom stereocenters. The molecule has 1 aliphatic carbocycles. The first-order chi connectivity index (χ1) is 8.81. The zero-order valence-corrected chi connectivity index (χ0v) is 10.8. The molecule has 2 rings (SSSR count). The zero-order valence-electron chi connectivity index (χ0n) is 10.8. The van der Waals surface area contributed by atoms with Crippen LogP contribution in [-0.4, -0.2) is 20.8 Å².